The van der Waals surface area contributed by atoms with Crippen molar-refractivity contribution in [1.29, 1.82) is 0 Å². The predicted molar refractivity (Wildman–Crippen MR) is 96.2 cm³/mol. The Morgan fingerprint density at radius 2 is 2.16 bits per heavy atom. The summed E-state index contributed by atoms with van der Waals surface area (Å²) in [6.45, 7) is 10.00. The highest BCUT2D eigenvalue weighted by atomic mass is 32.1. The number of nitrogens with zero attached hydrogens (tertiary/aromatic N) is 4. The van der Waals surface area contributed by atoms with E-state index in [1.807, 2.05) is 27.7 Å². The van der Waals surface area contributed by atoms with Crippen LogP contribution in [0.25, 0.3) is 10.2 Å². The van der Waals surface area contributed by atoms with Crippen molar-refractivity contribution in [2.75, 3.05) is 5.73 Å². The highest BCUT2D eigenvalue weighted by Crippen LogP contribution is 2.37. The van der Waals surface area contributed by atoms with Gasteiger partial charge in [-0.2, -0.15) is 0 Å². The number of aromatic nitrogens is 3. The van der Waals surface area contributed by atoms with E-state index in [0.29, 0.717) is 10.6 Å². The van der Waals surface area contributed by atoms with Crippen LogP contribution in [0.3, 0.4) is 0 Å². The fraction of sp³-hybridized carbons (Fsp3) is 0.412. The van der Waals surface area contributed by atoms with Gasteiger partial charge < -0.3 is 10.8 Å². The summed E-state index contributed by atoms with van der Waals surface area (Å²) in [4.78, 5) is 9.75. The van der Waals surface area contributed by atoms with Gasteiger partial charge in [-0.15, -0.1) is 11.3 Å². The molecule has 0 bridgehead atoms. The molecule has 0 spiro atoms. The Bertz CT molecular complexity index is 971. The molecule has 0 aliphatic rings. The molecule has 132 valence electrons. The Labute approximate surface area is 149 Å². The summed E-state index contributed by atoms with van der Waals surface area (Å²) in [5.74, 6) is -0.284. The summed E-state index contributed by atoms with van der Waals surface area (Å²) in [6.07, 6.45) is 2.46. The van der Waals surface area contributed by atoms with Gasteiger partial charge in [0.1, 0.15) is 4.83 Å². The first-order valence-electron chi connectivity index (χ1n) is 8.15. The molecule has 0 unspecified atom stereocenters. The van der Waals surface area contributed by atoms with Crippen molar-refractivity contribution in [2.24, 2.45) is 4.99 Å². The highest BCUT2D eigenvalue weighted by Gasteiger charge is 2.18. The number of aryl methyl sites for hydroxylation is 2. The van der Waals surface area contributed by atoms with Crippen LogP contribution in [0.1, 0.15) is 48.5 Å². The van der Waals surface area contributed by atoms with Crippen molar-refractivity contribution in [3.63, 3.8) is 0 Å². The van der Waals surface area contributed by atoms with Crippen molar-refractivity contribution in [3.8, 4) is 0 Å². The van der Waals surface area contributed by atoms with E-state index in [-0.39, 0.29) is 11.9 Å². The van der Waals surface area contributed by atoms with E-state index in [4.69, 9.17) is 10.3 Å². The smallest absolute Gasteiger partial charge is 0.320 e. The van der Waals surface area contributed by atoms with Crippen molar-refractivity contribution in [2.45, 2.75) is 47.1 Å². The first kappa shape index (κ1) is 17.3. The van der Waals surface area contributed by atoms with Crippen molar-refractivity contribution >= 4 is 39.0 Å². The number of pyridine rings is 1. The molecule has 0 amide bonds. The van der Waals surface area contributed by atoms with Gasteiger partial charge in [0.05, 0.1) is 10.6 Å². The first-order chi connectivity index (χ1) is 11.8. The molecule has 25 heavy (non-hydrogen) atoms. The Balaban J connectivity index is 2.10. The van der Waals surface area contributed by atoms with Crippen LogP contribution >= 0.6 is 11.3 Å². The van der Waals surface area contributed by atoms with E-state index in [1.165, 1.54) is 16.9 Å². The van der Waals surface area contributed by atoms with Gasteiger partial charge in [0, 0.05) is 17.0 Å². The normalized spacial score (nSPS) is 12.5. The van der Waals surface area contributed by atoms with Gasteiger partial charge in [-0.25, -0.2) is 9.98 Å². The van der Waals surface area contributed by atoms with Gasteiger partial charge >= 0.3 is 5.88 Å². The molecule has 0 aliphatic heterocycles. The molecule has 0 saturated carbocycles. The zero-order valence-electron chi connectivity index (χ0n) is 15.0. The molecule has 0 atom stereocenters. The third-order valence-electron chi connectivity index (χ3n) is 4.22. The summed E-state index contributed by atoms with van der Waals surface area (Å²) in [6, 6.07) is 0.125. The summed E-state index contributed by atoms with van der Waals surface area (Å²) in [5, 5.41) is 17.3. The Morgan fingerprint density at radius 1 is 1.44 bits per heavy atom. The lowest BCUT2D eigenvalue weighted by Gasteiger charge is -2.09. The molecule has 0 radical (unpaired) electrons. The van der Waals surface area contributed by atoms with Gasteiger partial charge in [-0.3, -0.25) is 4.52 Å². The number of rotatable bonds is 4. The maximum Gasteiger partial charge on any atom is 0.320 e. The molecular formula is C17H21N5O2S. The summed E-state index contributed by atoms with van der Waals surface area (Å²) < 4.78 is 6.69. The van der Waals surface area contributed by atoms with Gasteiger partial charge in [-0.05, 0) is 49.9 Å². The van der Waals surface area contributed by atoms with Crippen LogP contribution in [-0.2, 0) is 6.42 Å². The molecule has 0 aromatic carbocycles. The lowest BCUT2D eigenvalue weighted by molar-refractivity contribution is -0.779. The van der Waals surface area contributed by atoms with Crippen molar-refractivity contribution in [3.05, 3.63) is 27.9 Å². The van der Waals surface area contributed by atoms with E-state index >= 15 is 0 Å². The first-order valence-corrected chi connectivity index (χ1v) is 8.97. The summed E-state index contributed by atoms with van der Waals surface area (Å²) in [7, 11) is 0. The Hall–Kier alpha value is -2.48. The van der Waals surface area contributed by atoms with E-state index < -0.39 is 5.90 Å². The van der Waals surface area contributed by atoms with Crippen molar-refractivity contribution in [1.82, 2.24) is 10.3 Å². The molecule has 3 heterocycles. The average molecular weight is 359 g/mol. The van der Waals surface area contributed by atoms with Crippen LogP contribution in [0, 0.1) is 13.8 Å². The fourth-order valence-corrected chi connectivity index (χ4v) is 3.97. The maximum atomic E-state index is 12.6. The Kier molecular flexibility index (Phi) is 4.47. The zero-order valence-corrected chi connectivity index (χ0v) is 15.8. The van der Waals surface area contributed by atoms with Crippen LogP contribution in [0.15, 0.2) is 15.7 Å². The topological polar surface area (TPSA) is 104 Å². The number of anilines is 1. The summed E-state index contributed by atoms with van der Waals surface area (Å²) >= 11 is 1.26. The van der Waals surface area contributed by atoms with E-state index in [9.17, 15) is 5.11 Å². The minimum atomic E-state index is -0.442. The van der Waals surface area contributed by atoms with E-state index in [1.54, 1.807) is 10.9 Å². The van der Waals surface area contributed by atoms with Crippen molar-refractivity contribution < 1.29 is 14.3 Å². The average Bonchev–Trinajstić information content (AvgIpc) is 3.12. The fourth-order valence-electron chi connectivity index (χ4n) is 2.89. The van der Waals surface area contributed by atoms with Gasteiger partial charge in [0.2, 0.25) is 5.27 Å². The molecular weight excluding hydrogens is 338 g/mol. The van der Waals surface area contributed by atoms with Crippen LogP contribution in [0.2, 0.25) is 0 Å². The van der Waals surface area contributed by atoms with Gasteiger partial charge in [0.25, 0.3) is 6.20 Å². The van der Waals surface area contributed by atoms with Gasteiger partial charge in [-0.1, -0.05) is 6.92 Å². The van der Waals surface area contributed by atoms with Crippen LogP contribution in [-0.4, -0.2) is 16.2 Å². The molecule has 0 fully saturated rings. The Morgan fingerprint density at radius 3 is 2.76 bits per heavy atom. The molecule has 0 aliphatic carbocycles. The third kappa shape index (κ3) is 2.97. The quantitative estimate of drug-likeness (QED) is 0.437. The van der Waals surface area contributed by atoms with E-state index in [2.05, 4.69) is 22.2 Å². The number of hydrogen-bond acceptors (Lipinski definition) is 7. The molecule has 3 rings (SSSR count). The number of aliphatic imine (C=N–C) groups is 1. The molecule has 7 nitrogen and oxygen atoms in total. The monoisotopic (exact) mass is 359 g/mol. The van der Waals surface area contributed by atoms with Crippen LogP contribution < -0.4 is 15.5 Å². The van der Waals surface area contributed by atoms with E-state index in [0.717, 1.165) is 27.9 Å². The number of hydrogen-bond donors (Lipinski definition) is 1. The SMILES string of the molecule is CCc1c(C)nc2sc(/C([O-])=N/c3c[n+](C(C)C)no3)c(N)c2c1C. The molecule has 3 aromatic rings. The molecule has 3 aromatic heterocycles. The van der Waals surface area contributed by atoms with Gasteiger partial charge in [0.15, 0.2) is 6.04 Å². The zero-order chi connectivity index (χ0) is 18.3. The highest BCUT2D eigenvalue weighted by molar-refractivity contribution is 7.21. The minimum absolute atomic E-state index is 0.125. The number of fused-ring (bicyclic) bond motifs is 1. The van der Waals surface area contributed by atoms with Crippen LogP contribution in [0.4, 0.5) is 11.6 Å². The molecule has 8 heteroatoms. The predicted octanol–water partition coefficient (Wildman–Crippen LogP) is 2.35. The minimum Gasteiger partial charge on any atom is -0.857 e. The lowest BCUT2D eigenvalue weighted by Crippen LogP contribution is -2.36. The molecule has 2 N–H and O–H groups in total. The number of nitrogen functional groups attached to an aromatic ring is 1. The third-order valence-corrected chi connectivity index (χ3v) is 5.31. The number of nitrogens with two attached hydrogens (primary N) is 1. The standard InChI is InChI=1S/C17H21N5O2S/c1-6-11-9(4)13-14(18)15(25-17(13)19-10(11)5)16(23)20-12-7-22(8(2)3)21-24-12/h7-8H,6H2,1-5H3,(H2-,18,20,21,23). The van der Waals surface area contributed by atoms with Crippen LogP contribution in [0.5, 0.6) is 0 Å². The summed E-state index contributed by atoms with van der Waals surface area (Å²) in [5.41, 5.74) is 9.91. The second-order valence-electron chi connectivity index (χ2n) is 6.21. The largest absolute Gasteiger partial charge is 0.857 e. The molecule has 0 saturated heterocycles. The lowest BCUT2D eigenvalue weighted by atomic mass is 10.0. The maximum absolute atomic E-state index is 12.6. The second-order valence-corrected chi connectivity index (χ2v) is 7.21. The second kappa shape index (κ2) is 6.44. The number of thiophene rings is 1.